The fourth-order valence-electron chi connectivity index (χ4n) is 1.92. The zero-order chi connectivity index (χ0) is 16.9. The molecule has 0 atom stereocenters. The van der Waals surface area contributed by atoms with Gasteiger partial charge in [-0.1, -0.05) is 12.1 Å². The van der Waals surface area contributed by atoms with Gasteiger partial charge in [-0.2, -0.15) is 5.10 Å². The topological polar surface area (TPSA) is 102 Å². The summed E-state index contributed by atoms with van der Waals surface area (Å²) in [5.41, 5.74) is 0.867. The van der Waals surface area contributed by atoms with Crippen molar-refractivity contribution in [2.24, 2.45) is 0 Å². The highest BCUT2D eigenvalue weighted by atomic mass is 32.2. The first-order valence-electron chi connectivity index (χ1n) is 6.80. The highest BCUT2D eigenvalue weighted by molar-refractivity contribution is 7.90. The van der Waals surface area contributed by atoms with Gasteiger partial charge in [0.2, 0.25) is 0 Å². The zero-order valence-electron chi connectivity index (χ0n) is 12.8. The Morgan fingerprint density at radius 2 is 2.09 bits per heavy atom. The van der Waals surface area contributed by atoms with Crippen LogP contribution < -0.4 is 10.6 Å². The predicted molar refractivity (Wildman–Crippen MR) is 85.6 cm³/mol. The predicted octanol–water partition coefficient (Wildman–Crippen LogP) is 1.04. The van der Waals surface area contributed by atoms with Gasteiger partial charge < -0.3 is 15.4 Å². The van der Waals surface area contributed by atoms with E-state index in [-0.39, 0.29) is 4.90 Å². The summed E-state index contributed by atoms with van der Waals surface area (Å²) in [4.78, 5) is 11.8. The molecule has 2 amide bonds. The Hall–Kier alpha value is -2.39. The number of nitrogens with zero attached hydrogens (tertiary/aromatic N) is 2. The van der Waals surface area contributed by atoms with Gasteiger partial charge in [-0.3, -0.25) is 0 Å². The SMILES string of the molecule is COCCNC(=O)Nc1cnn(-c2ccccc2S(C)(=O)=O)c1. The molecule has 2 aromatic rings. The van der Waals surface area contributed by atoms with Gasteiger partial charge in [-0.15, -0.1) is 0 Å². The van der Waals surface area contributed by atoms with E-state index in [0.29, 0.717) is 24.5 Å². The van der Waals surface area contributed by atoms with Gasteiger partial charge >= 0.3 is 6.03 Å². The maximum atomic E-state index is 11.8. The number of rotatable bonds is 6. The molecule has 0 aliphatic carbocycles. The number of hydrogen-bond donors (Lipinski definition) is 2. The van der Waals surface area contributed by atoms with Gasteiger partial charge in [0.25, 0.3) is 0 Å². The lowest BCUT2D eigenvalue weighted by molar-refractivity contribution is 0.198. The molecule has 124 valence electrons. The molecular formula is C14H18N4O4S. The van der Waals surface area contributed by atoms with Crippen LogP contribution in [0.4, 0.5) is 10.5 Å². The molecule has 0 saturated carbocycles. The van der Waals surface area contributed by atoms with Crippen LogP contribution in [-0.4, -0.2) is 50.7 Å². The summed E-state index contributed by atoms with van der Waals surface area (Å²) in [6, 6.07) is 6.13. The van der Waals surface area contributed by atoms with E-state index in [1.54, 1.807) is 31.5 Å². The van der Waals surface area contributed by atoms with E-state index in [0.717, 1.165) is 6.26 Å². The molecule has 2 rings (SSSR count). The molecule has 0 saturated heterocycles. The number of amides is 2. The maximum absolute atomic E-state index is 11.8. The van der Waals surface area contributed by atoms with E-state index in [2.05, 4.69) is 15.7 Å². The van der Waals surface area contributed by atoms with Crippen LogP contribution in [0.3, 0.4) is 0 Å². The van der Waals surface area contributed by atoms with Gasteiger partial charge in [0.1, 0.15) is 0 Å². The minimum absolute atomic E-state index is 0.166. The molecule has 9 heteroatoms. The minimum atomic E-state index is -3.38. The second-order valence-corrected chi connectivity index (χ2v) is 6.77. The van der Waals surface area contributed by atoms with Crippen LogP contribution >= 0.6 is 0 Å². The summed E-state index contributed by atoms with van der Waals surface area (Å²) in [6.07, 6.45) is 4.12. The summed E-state index contributed by atoms with van der Waals surface area (Å²) in [6.45, 7) is 0.793. The van der Waals surface area contributed by atoms with Crippen molar-refractivity contribution in [3.8, 4) is 5.69 Å². The van der Waals surface area contributed by atoms with Gasteiger partial charge in [0.05, 0.1) is 35.3 Å². The van der Waals surface area contributed by atoms with Crippen molar-refractivity contribution < 1.29 is 17.9 Å². The Morgan fingerprint density at radius 3 is 2.78 bits per heavy atom. The maximum Gasteiger partial charge on any atom is 0.319 e. The average molecular weight is 338 g/mol. The third-order valence-corrected chi connectivity index (χ3v) is 4.09. The van der Waals surface area contributed by atoms with E-state index in [9.17, 15) is 13.2 Å². The van der Waals surface area contributed by atoms with E-state index >= 15 is 0 Å². The second-order valence-electron chi connectivity index (χ2n) is 4.79. The molecule has 0 aliphatic rings. The largest absolute Gasteiger partial charge is 0.383 e. The third kappa shape index (κ3) is 4.54. The van der Waals surface area contributed by atoms with Crippen molar-refractivity contribution in [2.45, 2.75) is 4.90 Å². The van der Waals surface area contributed by atoms with Crippen LogP contribution in [0.2, 0.25) is 0 Å². The van der Waals surface area contributed by atoms with Gasteiger partial charge in [0.15, 0.2) is 9.84 Å². The quantitative estimate of drug-likeness (QED) is 0.766. The van der Waals surface area contributed by atoms with Crippen LogP contribution in [0.15, 0.2) is 41.6 Å². The summed E-state index contributed by atoms with van der Waals surface area (Å²) in [5, 5.41) is 9.31. The number of sulfone groups is 1. The highest BCUT2D eigenvalue weighted by Crippen LogP contribution is 2.20. The Balaban J connectivity index is 2.16. The molecule has 23 heavy (non-hydrogen) atoms. The molecule has 0 fully saturated rings. The van der Waals surface area contributed by atoms with Crippen LogP contribution in [-0.2, 0) is 14.6 Å². The van der Waals surface area contributed by atoms with Crippen LogP contribution in [0.5, 0.6) is 0 Å². The number of methoxy groups -OCH3 is 1. The smallest absolute Gasteiger partial charge is 0.319 e. The van der Waals surface area contributed by atoms with E-state index < -0.39 is 15.9 Å². The van der Waals surface area contributed by atoms with Crippen LogP contribution in [0.1, 0.15) is 0 Å². The number of para-hydroxylation sites is 1. The number of nitrogens with one attached hydrogen (secondary N) is 2. The van der Waals surface area contributed by atoms with Crippen LogP contribution in [0, 0.1) is 0 Å². The number of hydrogen-bond acceptors (Lipinski definition) is 5. The lowest BCUT2D eigenvalue weighted by Crippen LogP contribution is -2.31. The van der Waals surface area contributed by atoms with Crippen LogP contribution in [0.25, 0.3) is 5.69 Å². The minimum Gasteiger partial charge on any atom is -0.383 e. The first kappa shape index (κ1) is 17.0. The van der Waals surface area contributed by atoms with Crippen molar-refractivity contribution in [2.75, 3.05) is 31.8 Å². The molecule has 0 spiro atoms. The molecule has 1 aromatic carbocycles. The molecule has 8 nitrogen and oxygen atoms in total. The molecule has 0 aliphatic heterocycles. The molecule has 1 heterocycles. The molecule has 2 N–H and O–H groups in total. The standard InChI is InChI=1S/C14H18N4O4S/c1-22-8-7-15-14(19)17-11-9-16-18(10-11)12-5-3-4-6-13(12)23(2,20)21/h3-6,9-10H,7-8H2,1-2H3,(H2,15,17,19). The highest BCUT2D eigenvalue weighted by Gasteiger charge is 2.15. The Bertz CT molecular complexity index is 786. The number of benzene rings is 1. The van der Waals surface area contributed by atoms with E-state index in [4.69, 9.17) is 4.74 Å². The second kappa shape index (κ2) is 7.25. The van der Waals surface area contributed by atoms with Crippen molar-refractivity contribution in [3.05, 3.63) is 36.7 Å². The summed E-state index contributed by atoms with van der Waals surface area (Å²) >= 11 is 0. The number of aromatic nitrogens is 2. The zero-order valence-corrected chi connectivity index (χ0v) is 13.6. The molecular weight excluding hydrogens is 320 g/mol. The monoisotopic (exact) mass is 338 g/mol. The third-order valence-electron chi connectivity index (χ3n) is 2.94. The fourth-order valence-corrected chi connectivity index (χ4v) is 2.79. The lowest BCUT2D eigenvalue weighted by atomic mass is 10.3. The fraction of sp³-hybridized carbons (Fsp3) is 0.286. The van der Waals surface area contributed by atoms with Gasteiger partial charge in [-0.05, 0) is 12.1 Å². The van der Waals surface area contributed by atoms with Gasteiger partial charge in [-0.25, -0.2) is 17.9 Å². The molecule has 1 aromatic heterocycles. The first-order chi connectivity index (χ1) is 10.9. The van der Waals surface area contributed by atoms with Gasteiger partial charge in [0, 0.05) is 19.9 Å². The number of urea groups is 1. The van der Waals surface area contributed by atoms with Crippen molar-refractivity contribution in [1.82, 2.24) is 15.1 Å². The van der Waals surface area contributed by atoms with E-state index in [1.807, 2.05) is 0 Å². The number of carbonyl (C=O) groups excluding carboxylic acids is 1. The Labute approximate surface area is 134 Å². The molecule has 0 radical (unpaired) electrons. The Kier molecular flexibility index (Phi) is 5.35. The van der Waals surface area contributed by atoms with Crippen molar-refractivity contribution in [1.29, 1.82) is 0 Å². The number of anilines is 1. The normalized spacial score (nSPS) is 11.2. The number of carbonyl (C=O) groups is 1. The van der Waals surface area contributed by atoms with Crippen molar-refractivity contribution in [3.63, 3.8) is 0 Å². The number of ether oxygens (including phenoxy) is 1. The average Bonchev–Trinajstić information content (AvgIpc) is 2.95. The van der Waals surface area contributed by atoms with Crippen molar-refractivity contribution >= 4 is 21.6 Å². The Morgan fingerprint density at radius 1 is 1.35 bits per heavy atom. The molecule has 0 bridgehead atoms. The molecule has 0 unspecified atom stereocenters. The summed E-state index contributed by atoms with van der Waals surface area (Å²) < 4.78 is 29.9. The lowest BCUT2D eigenvalue weighted by Gasteiger charge is -2.07. The summed E-state index contributed by atoms with van der Waals surface area (Å²) in [5.74, 6) is 0. The first-order valence-corrected chi connectivity index (χ1v) is 8.69. The summed E-state index contributed by atoms with van der Waals surface area (Å²) in [7, 11) is -1.84. The van der Waals surface area contributed by atoms with E-state index in [1.165, 1.54) is 16.9 Å².